The van der Waals surface area contributed by atoms with Gasteiger partial charge in [0.2, 0.25) is 0 Å². The molecular weight excluding hydrogens is 392 g/mol. The van der Waals surface area contributed by atoms with Crippen molar-refractivity contribution in [1.29, 1.82) is 5.26 Å². The summed E-state index contributed by atoms with van der Waals surface area (Å²) in [4.78, 5) is 15.9. The van der Waals surface area contributed by atoms with Crippen LogP contribution in [-0.4, -0.2) is 27.6 Å². The molecule has 2 aromatic carbocycles. The molecule has 2 heterocycles. The highest BCUT2D eigenvalue weighted by Crippen LogP contribution is 2.28. The summed E-state index contributed by atoms with van der Waals surface area (Å²) in [6, 6.07) is 23.4. The third kappa shape index (κ3) is 4.32. The average Bonchev–Trinajstić information content (AvgIpc) is 3.44. The van der Waals surface area contributed by atoms with Crippen molar-refractivity contribution in [3.63, 3.8) is 0 Å². The molecule has 0 bridgehead atoms. The Morgan fingerprint density at radius 2 is 1.83 bits per heavy atom. The van der Waals surface area contributed by atoms with Gasteiger partial charge in [0.25, 0.3) is 5.91 Å². The van der Waals surface area contributed by atoms with Crippen molar-refractivity contribution >= 4 is 17.2 Å². The van der Waals surface area contributed by atoms with Gasteiger partial charge in [0, 0.05) is 19.8 Å². The largest absolute Gasteiger partial charge is 0.337 e. The van der Waals surface area contributed by atoms with E-state index in [-0.39, 0.29) is 5.91 Å². The normalized spacial score (nSPS) is 10.5. The lowest BCUT2D eigenvalue weighted by Crippen LogP contribution is -2.26. The first-order valence-electron chi connectivity index (χ1n) is 9.54. The van der Waals surface area contributed by atoms with E-state index in [9.17, 15) is 4.79 Å². The molecule has 0 aliphatic heterocycles. The Morgan fingerprint density at radius 3 is 2.50 bits per heavy atom. The van der Waals surface area contributed by atoms with Gasteiger partial charge in [-0.1, -0.05) is 48.5 Å². The molecule has 0 radical (unpaired) electrons. The Bertz CT molecular complexity index is 1170. The first kappa shape index (κ1) is 19.6. The van der Waals surface area contributed by atoms with Crippen LogP contribution in [0.4, 0.5) is 0 Å². The number of thiophene rings is 1. The molecule has 5 nitrogen and oxygen atoms in total. The average molecular weight is 413 g/mol. The molecule has 148 valence electrons. The summed E-state index contributed by atoms with van der Waals surface area (Å²) < 4.78 is 1.83. The third-order valence-electron chi connectivity index (χ3n) is 4.78. The number of benzene rings is 2. The van der Waals surface area contributed by atoms with Crippen molar-refractivity contribution in [2.45, 2.75) is 13.1 Å². The van der Waals surface area contributed by atoms with E-state index in [2.05, 4.69) is 6.07 Å². The highest BCUT2D eigenvalue weighted by Gasteiger charge is 2.22. The maximum atomic E-state index is 13.3. The van der Waals surface area contributed by atoms with Crippen LogP contribution >= 0.6 is 11.3 Å². The van der Waals surface area contributed by atoms with Gasteiger partial charge < -0.3 is 4.90 Å². The van der Waals surface area contributed by atoms with E-state index in [4.69, 9.17) is 10.4 Å². The van der Waals surface area contributed by atoms with Crippen LogP contribution < -0.4 is 0 Å². The SMILES string of the molecule is CN(Cc1ccc(C#N)cc1)C(=O)c1cn(Cc2ccccc2)nc1-c1cccs1. The second kappa shape index (κ2) is 8.76. The fourth-order valence-electron chi connectivity index (χ4n) is 3.26. The third-order valence-corrected chi connectivity index (χ3v) is 5.66. The van der Waals surface area contributed by atoms with Gasteiger partial charge in [-0.25, -0.2) is 0 Å². The van der Waals surface area contributed by atoms with Crippen molar-refractivity contribution < 1.29 is 4.79 Å². The Hall–Kier alpha value is -3.69. The Kier molecular flexibility index (Phi) is 5.73. The predicted octanol–water partition coefficient (Wildman–Crippen LogP) is 4.80. The molecule has 0 fully saturated rings. The minimum Gasteiger partial charge on any atom is -0.337 e. The zero-order valence-corrected chi connectivity index (χ0v) is 17.3. The van der Waals surface area contributed by atoms with Gasteiger partial charge in [0.1, 0.15) is 5.69 Å². The topological polar surface area (TPSA) is 61.9 Å². The Morgan fingerprint density at radius 1 is 1.07 bits per heavy atom. The van der Waals surface area contributed by atoms with Crippen molar-refractivity contribution in [3.8, 4) is 16.6 Å². The molecule has 0 aliphatic rings. The number of nitrogens with zero attached hydrogens (tertiary/aromatic N) is 4. The summed E-state index contributed by atoms with van der Waals surface area (Å²) in [6.07, 6.45) is 1.83. The summed E-state index contributed by atoms with van der Waals surface area (Å²) in [5, 5.41) is 15.7. The number of rotatable bonds is 6. The Labute approximate surface area is 179 Å². The zero-order chi connectivity index (χ0) is 20.9. The van der Waals surface area contributed by atoms with Gasteiger partial charge in [0.05, 0.1) is 28.6 Å². The second-order valence-electron chi connectivity index (χ2n) is 7.02. The van der Waals surface area contributed by atoms with Gasteiger partial charge in [-0.2, -0.15) is 10.4 Å². The molecule has 0 N–H and O–H groups in total. The van der Waals surface area contributed by atoms with E-state index in [0.717, 1.165) is 16.0 Å². The zero-order valence-electron chi connectivity index (χ0n) is 16.5. The van der Waals surface area contributed by atoms with Crippen LogP contribution in [0.5, 0.6) is 0 Å². The lowest BCUT2D eigenvalue weighted by atomic mass is 10.1. The standard InChI is InChI=1S/C24H20N4OS/c1-27(15-20-11-9-18(14-25)10-12-20)24(29)21-17-28(16-19-6-3-2-4-7-19)26-23(21)22-8-5-13-30-22/h2-13,17H,15-16H2,1H3. The van der Waals surface area contributed by atoms with Gasteiger partial charge in [0.15, 0.2) is 0 Å². The molecule has 0 spiro atoms. The van der Waals surface area contributed by atoms with Crippen LogP contribution in [0.2, 0.25) is 0 Å². The maximum absolute atomic E-state index is 13.3. The first-order chi connectivity index (χ1) is 14.6. The van der Waals surface area contributed by atoms with Crippen LogP contribution in [0.1, 0.15) is 27.0 Å². The molecule has 4 aromatic rings. The first-order valence-corrected chi connectivity index (χ1v) is 10.4. The van der Waals surface area contributed by atoms with E-state index in [1.54, 1.807) is 35.4 Å². The van der Waals surface area contributed by atoms with Crippen molar-refractivity contribution in [2.75, 3.05) is 7.05 Å². The van der Waals surface area contributed by atoms with Crippen molar-refractivity contribution in [3.05, 3.63) is 101 Å². The summed E-state index contributed by atoms with van der Waals surface area (Å²) in [5.41, 5.74) is 4.00. The van der Waals surface area contributed by atoms with Crippen LogP contribution in [0.15, 0.2) is 78.3 Å². The molecule has 4 rings (SSSR count). The van der Waals surface area contributed by atoms with E-state index in [1.165, 1.54) is 0 Å². The van der Waals surface area contributed by atoms with Crippen LogP contribution in [-0.2, 0) is 13.1 Å². The summed E-state index contributed by atoms with van der Waals surface area (Å²) in [6.45, 7) is 1.06. The molecule has 0 unspecified atom stereocenters. The molecular formula is C24H20N4OS. The second-order valence-corrected chi connectivity index (χ2v) is 7.97. The molecule has 2 aromatic heterocycles. The van der Waals surface area contributed by atoms with Crippen molar-refractivity contribution in [2.24, 2.45) is 0 Å². The lowest BCUT2D eigenvalue weighted by Gasteiger charge is -2.17. The van der Waals surface area contributed by atoms with E-state index >= 15 is 0 Å². The quantitative estimate of drug-likeness (QED) is 0.457. The van der Waals surface area contributed by atoms with E-state index in [1.807, 2.05) is 70.9 Å². The summed E-state index contributed by atoms with van der Waals surface area (Å²) in [5.74, 6) is -0.0814. The van der Waals surface area contributed by atoms with E-state index < -0.39 is 0 Å². The monoisotopic (exact) mass is 412 g/mol. The van der Waals surface area contributed by atoms with Crippen LogP contribution in [0, 0.1) is 11.3 Å². The fraction of sp³-hybridized carbons (Fsp3) is 0.125. The number of amides is 1. The van der Waals surface area contributed by atoms with Gasteiger partial charge in [-0.05, 0) is 34.7 Å². The number of nitriles is 1. The Balaban J connectivity index is 1.60. The molecule has 1 amide bonds. The smallest absolute Gasteiger partial charge is 0.257 e. The van der Waals surface area contributed by atoms with Crippen LogP contribution in [0.25, 0.3) is 10.6 Å². The minimum atomic E-state index is -0.0814. The molecule has 0 saturated heterocycles. The number of hydrogen-bond donors (Lipinski definition) is 0. The van der Waals surface area contributed by atoms with Crippen molar-refractivity contribution in [1.82, 2.24) is 14.7 Å². The highest BCUT2D eigenvalue weighted by atomic mass is 32.1. The number of aromatic nitrogens is 2. The molecule has 6 heteroatoms. The summed E-state index contributed by atoms with van der Waals surface area (Å²) >= 11 is 1.57. The number of hydrogen-bond acceptors (Lipinski definition) is 4. The van der Waals surface area contributed by atoms with Gasteiger partial charge in [-0.3, -0.25) is 9.48 Å². The van der Waals surface area contributed by atoms with E-state index in [0.29, 0.717) is 29.9 Å². The number of carbonyl (C=O) groups excluding carboxylic acids is 1. The van der Waals surface area contributed by atoms with Gasteiger partial charge in [-0.15, -0.1) is 11.3 Å². The minimum absolute atomic E-state index is 0.0814. The molecule has 0 aliphatic carbocycles. The van der Waals surface area contributed by atoms with Gasteiger partial charge >= 0.3 is 0 Å². The summed E-state index contributed by atoms with van der Waals surface area (Å²) in [7, 11) is 1.78. The fourth-order valence-corrected chi connectivity index (χ4v) is 3.98. The number of carbonyl (C=O) groups is 1. The molecule has 30 heavy (non-hydrogen) atoms. The van der Waals surface area contributed by atoms with Crippen LogP contribution in [0.3, 0.4) is 0 Å². The molecule has 0 atom stereocenters. The molecule has 0 saturated carbocycles. The highest BCUT2D eigenvalue weighted by molar-refractivity contribution is 7.13. The maximum Gasteiger partial charge on any atom is 0.257 e. The lowest BCUT2D eigenvalue weighted by molar-refractivity contribution is 0.0786. The predicted molar refractivity (Wildman–Crippen MR) is 118 cm³/mol.